The van der Waals surface area contributed by atoms with Crippen molar-refractivity contribution >= 4 is 58.9 Å². The van der Waals surface area contributed by atoms with E-state index in [1.165, 1.54) is 135 Å². The molecule has 0 spiro atoms. The van der Waals surface area contributed by atoms with Crippen molar-refractivity contribution in [2.45, 2.75) is 294 Å². The molecule has 26 heteroatoms. The maximum atomic E-state index is 11.6. The first-order chi connectivity index (χ1) is 41.4. The van der Waals surface area contributed by atoms with E-state index in [4.69, 9.17) is 66.4 Å². The van der Waals surface area contributed by atoms with Crippen molar-refractivity contribution < 1.29 is 84.4 Å². The molecule has 0 aliphatic rings. The third-order valence-corrected chi connectivity index (χ3v) is 27.8. The molecule has 0 aromatic heterocycles. The van der Waals surface area contributed by atoms with Gasteiger partial charge in [-0.05, 0) is 88.0 Å². The normalized spacial score (nSPS) is 12.0. The monoisotopic (exact) mass is 1370 g/mol. The van der Waals surface area contributed by atoms with Gasteiger partial charge in [-0.3, -0.25) is 4.79 Å². The molecule has 0 aromatic rings. The zero-order valence-electron chi connectivity index (χ0n) is 60.4. The highest BCUT2D eigenvalue weighted by molar-refractivity contribution is 6.75. The molecule has 532 valence electrons. The van der Waals surface area contributed by atoms with Crippen LogP contribution in [0.25, 0.3) is 0 Å². The van der Waals surface area contributed by atoms with Gasteiger partial charge in [-0.25, -0.2) is 0 Å². The summed E-state index contributed by atoms with van der Waals surface area (Å²) in [4.78, 5) is 12.2. The Labute approximate surface area is 541 Å². The highest BCUT2D eigenvalue weighted by Gasteiger charge is 2.42. The van der Waals surface area contributed by atoms with Gasteiger partial charge in [-0.1, -0.05) is 176 Å². The van der Waals surface area contributed by atoms with E-state index in [9.17, 15) is 18.0 Å². The lowest BCUT2D eigenvalue weighted by atomic mass is 10.1. The number of unbranched alkanes of at least 4 members (excludes halogenated alkanes) is 20. The number of nitrogens with one attached hydrogen (secondary N) is 1. The molecule has 17 nitrogen and oxygen atoms in total. The second-order valence-corrected chi connectivity index (χ2v) is 39.5. The predicted octanol–water partition coefficient (Wildman–Crippen LogP) is 17.6. The second kappa shape index (κ2) is 68.8. The Bertz CT molecular complexity index is 1310. The van der Waals surface area contributed by atoms with Crippen LogP contribution in [-0.2, 0) is 71.2 Å². The molecule has 0 aliphatic carbocycles. The molecule has 1 amide bonds. The standard InChI is InChI=1S/C16H36O3Si.C13H30O3Si.C12H28O3Si.C9H22O3Si.C6H16O3Si.C5H10F3NOSi/c1-5-9-10-11-12-13-14-15-16-20(17-6-2,18-7-3)19-8-4;1-5-6-7-8-9-10-11-12-13-17(14-2,15-3)16-4;1-5-9-10-11-12-16(13-6-2,14-7-3)15-8-4;1-5-6-7-8-9-13(10-2,11-3)12-4;1-4-7-10(8-5-2)9-6-3;1-11(2,3)9-4(10)5(6,7)8/h5-16H2,1-4H3;5-13H2,1-4H3;5-12H2,1-4H3;5-9H2,1-4H3;10H,4-6H2,1-3H3;1-3H3,(H,9,10). The number of alkyl halides is 3. The molecule has 0 bridgehead atoms. The van der Waals surface area contributed by atoms with E-state index >= 15 is 0 Å². The van der Waals surface area contributed by atoms with Gasteiger partial charge in [-0.15, -0.1) is 0 Å². The van der Waals surface area contributed by atoms with Crippen LogP contribution in [0.5, 0.6) is 0 Å². The lowest BCUT2D eigenvalue weighted by molar-refractivity contribution is -0.171. The topological polar surface area (TPSA) is 168 Å². The molecule has 0 aliphatic heterocycles. The molecule has 0 rings (SSSR count). The summed E-state index contributed by atoms with van der Waals surface area (Å²) < 4.78 is 117. The molecule has 0 aromatic carbocycles. The first kappa shape index (κ1) is 98.0. The van der Waals surface area contributed by atoms with Gasteiger partial charge in [0.05, 0.1) is 0 Å². The van der Waals surface area contributed by atoms with Crippen LogP contribution in [0, 0.1) is 0 Å². The quantitative estimate of drug-likeness (QED) is 0.0451. The van der Waals surface area contributed by atoms with Gasteiger partial charge in [0.1, 0.15) is 8.24 Å². The maximum Gasteiger partial charge on any atom is 0.500 e. The second-order valence-electron chi connectivity index (χ2n) is 21.5. The number of halogens is 3. The van der Waals surface area contributed by atoms with Crippen LogP contribution in [0.3, 0.4) is 0 Å². The Balaban J connectivity index is -0.000000230. The SMILES string of the molecule is CCCCCCCCCC[Si](OC)(OC)OC.CCCCCCCCCC[Si](OCC)(OCC)OCC.CCCCCC[Si](OC)(OC)OC.CCCCCC[Si](OCC)(OCC)OCC.CCO[SiH](OCC)OCC.C[Si](C)(C)NC(=O)C(F)(F)F. The summed E-state index contributed by atoms with van der Waals surface area (Å²) in [5, 5.41) is 0. The van der Waals surface area contributed by atoms with Gasteiger partial charge < -0.3 is 71.4 Å². The van der Waals surface area contributed by atoms with E-state index in [0.717, 1.165) is 43.4 Å². The summed E-state index contributed by atoms with van der Waals surface area (Å²) in [7, 11) is -3.12. The van der Waals surface area contributed by atoms with Crippen molar-refractivity contribution in [2.75, 3.05) is 102 Å². The number of hydrogen-bond acceptors (Lipinski definition) is 16. The Morgan fingerprint density at radius 3 is 0.678 bits per heavy atom. The van der Waals surface area contributed by atoms with Crippen LogP contribution < -0.4 is 4.98 Å². The van der Waals surface area contributed by atoms with Crippen LogP contribution in [0.4, 0.5) is 13.2 Å². The zero-order valence-corrected chi connectivity index (χ0v) is 66.6. The van der Waals surface area contributed by atoms with Gasteiger partial charge >= 0.3 is 56.8 Å². The van der Waals surface area contributed by atoms with Crippen molar-refractivity contribution in [3.05, 3.63) is 0 Å². The number of carbonyl (C=O) groups excluding carboxylic acids is 1. The van der Waals surface area contributed by atoms with Gasteiger partial charge in [0.2, 0.25) is 0 Å². The summed E-state index contributed by atoms with van der Waals surface area (Å²) in [6, 6.07) is 3.79. The molecule has 0 heterocycles. The largest absolute Gasteiger partial charge is 0.500 e. The number of hydrogen-bond donors (Lipinski definition) is 1. The summed E-state index contributed by atoms with van der Waals surface area (Å²) in [5.41, 5.74) is 0. The maximum absolute atomic E-state index is 11.6. The molecular formula is C61H142F3NO16Si6. The van der Waals surface area contributed by atoms with Crippen LogP contribution in [0.1, 0.15) is 244 Å². The first-order valence-corrected chi connectivity index (χ1v) is 46.5. The predicted molar refractivity (Wildman–Crippen MR) is 367 cm³/mol. The van der Waals surface area contributed by atoms with Crippen LogP contribution in [0.15, 0.2) is 0 Å². The lowest BCUT2D eigenvalue weighted by Crippen LogP contribution is -2.50. The van der Waals surface area contributed by atoms with Gasteiger partial charge in [0.25, 0.3) is 0 Å². The van der Waals surface area contributed by atoms with Crippen molar-refractivity contribution in [3.63, 3.8) is 0 Å². The fraction of sp³-hybridized carbons (Fsp3) is 0.984. The smallest absolute Gasteiger partial charge is 0.377 e. The number of rotatable bonds is 53. The third-order valence-electron chi connectivity index (χ3n) is 13.1. The average molecular weight is 1370 g/mol. The Hall–Kier alpha value is -0.0387. The van der Waals surface area contributed by atoms with Crippen LogP contribution in [0.2, 0.25) is 43.8 Å². The van der Waals surface area contributed by atoms with Gasteiger partial charge in [-0.2, -0.15) is 13.2 Å². The van der Waals surface area contributed by atoms with Crippen molar-refractivity contribution in [1.29, 1.82) is 0 Å². The van der Waals surface area contributed by atoms with Crippen molar-refractivity contribution in [3.8, 4) is 0 Å². The van der Waals surface area contributed by atoms with Gasteiger partial charge in [0.15, 0.2) is 0 Å². The fourth-order valence-electron chi connectivity index (χ4n) is 8.57. The Morgan fingerprint density at radius 1 is 0.322 bits per heavy atom. The van der Waals surface area contributed by atoms with Gasteiger partial charge in [0, 0.05) is 126 Å². The van der Waals surface area contributed by atoms with E-state index in [2.05, 4.69) is 27.7 Å². The van der Waals surface area contributed by atoms with E-state index in [1.807, 2.05) is 67.3 Å². The minimum absolute atomic E-state index is 0.677. The summed E-state index contributed by atoms with van der Waals surface area (Å²) in [6.45, 7) is 37.8. The van der Waals surface area contributed by atoms with Crippen LogP contribution in [-0.4, -0.2) is 167 Å². The molecule has 87 heavy (non-hydrogen) atoms. The molecule has 0 saturated carbocycles. The van der Waals surface area contributed by atoms with E-state index < -0.39 is 65.1 Å². The number of amides is 1. The third kappa shape index (κ3) is 63.1. The lowest BCUT2D eigenvalue weighted by Gasteiger charge is -2.28. The molecule has 0 unspecified atom stereocenters. The highest BCUT2D eigenvalue weighted by atomic mass is 28.4. The molecule has 1 N–H and O–H groups in total. The zero-order chi connectivity index (χ0) is 67.6. The number of carbonyl (C=O) groups is 1. The highest BCUT2D eigenvalue weighted by Crippen LogP contribution is 2.23. The van der Waals surface area contributed by atoms with Crippen molar-refractivity contribution in [1.82, 2.24) is 4.98 Å². The molecule has 0 radical (unpaired) electrons. The van der Waals surface area contributed by atoms with E-state index in [0.29, 0.717) is 59.5 Å². The summed E-state index contributed by atoms with van der Waals surface area (Å²) >= 11 is 0. The Morgan fingerprint density at radius 2 is 0.517 bits per heavy atom. The Kier molecular flexibility index (Phi) is 77.5. The van der Waals surface area contributed by atoms with E-state index in [1.54, 1.807) is 62.3 Å². The summed E-state index contributed by atoms with van der Waals surface area (Å²) in [6.07, 6.45) is 26.3. The van der Waals surface area contributed by atoms with Crippen molar-refractivity contribution in [2.24, 2.45) is 0 Å². The molecular weight excluding hydrogens is 1230 g/mol. The molecule has 0 fully saturated rings. The van der Waals surface area contributed by atoms with Crippen LogP contribution >= 0.6 is 0 Å². The fourth-order valence-corrected chi connectivity index (χ4v) is 19.5. The van der Waals surface area contributed by atoms with E-state index in [-0.39, 0.29) is 0 Å². The summed E-state index contributed by atoms with van der Waals surface area (Å²) in [5.74, 6) is -1.84. The minimum Gasteiger partial charge on any atom is -0.377 e. The minimum atomic E-state index is -4.75. The average Bonchev–Trinajstić information content (AvgIpc) is 3.69. The molecule has 0 saturated heterocycles. The first-order valence-electron chi connectivity index (χ1n) is 33.8. The molecule has 0 atom stereocenters.